The summed E-state index contributed by atoms with van der Waals surface area (Å²) >= 11 is 0. The van der Waals surface area contributed by atoms with Crippen molar-refractivity contribution in [2.45, 2.75) is 6.92 Å². The van der Waals surface area contributed by atoms with E-state index in [-0.39, 0.29) is 22.8 Å². The largest absolute Gasteiger partial charge is 0.497 e. The van der Waals surface area contributed by atoms with E-state index in [0.29, 0.717) is 33.6 Å². The van der Waals surface area contributed by atoms with Crippen LogP contribution in [-0.4, -0.2) is 33.2 Å². The summed E-state index contributed by atoms with van der Waals surface area (Å²) in [5.41, 5.74) is 1.38. The second kappa shape index (κ2) is 10.9. The van der Waals surface area contributed by atoms with Crippen molar-refractivity contribution < 1.29 is 33.0 Å². The Morgan fingerprint density at radius 1 is 0.921 bits per heavy atom. The van der Waals surface area contributed by atoms with Gasteiger partial charge in [-0.3, -0.25) is 9.59 Å². The van der Waals surface area contributed by atoms with Gasteiger partial charge in [0.15, 0.2) is 11.3 Å². The summed E-state index contributed by atoms with van der Waals surface area (Å²) in [6.07, 6.45) is 0. The van der Waals surface area contributed by atoms with E-state index in [9.17, 15) is 14.4 Å². The Labute approximate surface area is 218 Å². The lowest BCUT2D eigenvalue weighted by atomic mass is 10.0. The predicted molar refractivity (Wildman–Crippen MR) is 143 cm³/mol. The number of rotatable bonds is 8. The SMILES string of the molecule is C=C(OC(C)=O)c1ccc2cc(NC(=O)c3ccc(OC)c(-c4cccc(OC)c4)c3)c(=O)oc2c1OC. The Hall–Kier alpha value is -5.05. The van der Waals surface area contributed by atoms with Crippen LogP contribution in [0.4, 0.5) is 5.69 Å². The first kappa shape index (κ1) is 26.0. The first-order chi connectivity index (χ1) is 18.2. The minimum atomic E-state index is -0.791. The summed E-state index contributed by atoms with van der Waals surface area (Å²) in [4.78, 5) is 37.3. The topological polar surface area (TPSA) is 113 Å². The van der Waals surface area contributed by atoms with Gasteiger partial charge in [0.05, 0.1) is 26.9 Å². The van der Waals surface area contributed by atoms with Gasteiger partial charge in [-0.1, -0.05) is 24.8 Å². The van der Waals surface area contributed by atoms with Crippen LogP contribution in [0.15, 0.2) is 76.5 Å². The van der Waals surface area contributed by atoms with Crippen LogP contribution in [0.3, 0.4) is 0 Å². The van der Waals surface area contributed by atoms with Gasteiger partial charge >= 0.3 is 11.6 Å². The van der Waals surface area contributed by atoms with Crippen LogP contribution in [0.2, 0.25) is 0 Å². The highest BCUT2D eigenvalue weighted by Crippen LogP contribution is 2.35. The van der Waals surface area contributed by atoms with Crippen molar-refractivity contribution >= 4 is 34.3 Å². The molecule has 0 saturated heterocycles. The molecular formula is C29H25NO8. The van der Waals surface area contributed by atoms with Crippen LogP contribution in [-0.2, 0) is 9.53 Å². The second-order valence-corrected chi connectivity index (χ2v) is 8.13. The smallest absolute Gasteiger partial charge is 0.360 e. The highest BCUT2D eigenvalue weighted by atomic mass is 16.5. The third kappa shape index (κ3) is 5.22. The molecule has 0 unspecified atom stereocenters. The molecule has 0 bridgehead atoms. The maximum atomic E-state index is 13.1. The summed E-state index contributed by atoms with van der Waals surface area (Å²) in [6, 6.07) is 17.0. The molecule has 194 valence electrons. The minimum Gasteiger partial charge on any atom is -0.497 e. The van der Waals surface area contributed by atoms with Gasteiger partial charge in [0, 0.05) is 23.4 Å². The molecule has 4 aromatic rings. The van der Waals surface area contributed by atoms with Crippen LogP contribution >= 0.6 is 0 Å². The van der Waals surface area contributed by atoms with Gasteiger partial charge in [-0.15, -0.1) is 0 Å². The number of hydrogen-bond donors (Lipinski definition) is 1. The van der Waals surface area contributed by atoms with Gasteiger partial charge in [-0.05, 0) is 48.0 Å². The number of anilines is 1. The van der Waals surface area contributed by atoms with Crippen molar-refractivity contribution in [3.63, 3.8) is 0 Å². The summed E-state index contributed by atoms with van der Waals surface area (Å²) < 4.78 is 26.7. The van der Waals surface area contributed by atoms with Crippen LogP contribution in [0, 0.1) is 0 Å². The minimum absolute atomic E-state index is 0.0441. The number of nitrogens with one attached hydrogen (secondary N) is 1. The molecule has 0 aliphatic carbocycles. The quantitative estimate of drug-likeness (QED) is 0.192. The van der Waals surface area contributed by atoms with E-state index >= 15 is 0 Å². The Morgan fingerprint density at radius 3 is 2.39 bits per heavy atom. The van der Waals surface area contributed by atoms with E-state index in [1.165, 1.54) is 20.1 Å². The molecule has 1 aromatic heterocycles. The van der Waals surface area contributed by atoms with Gasteiger partial charge in [0.1, 0.15) is 22.9 Å². The highest BCUT2D eigenvalue weighted by Gasteiger charge is 2.19. The van der Waals surface area contributed by atoms with Crippen LogP contribution < -0.4 is 25.2 Å². The van der Waals surface area contributed by atoms with Gasteiger partial charge in [0.25, 0.3) is 5.91 Å². The Bertz CT molecular complexity index is 1620. The molecule has 4 rings (SSSR count). The van der Waals surface area contributed by atoms with Crippen molar-refractivity contribution in [1.29, 1.82) is 0 Å². The fraction of sp³-hybridized carbons (Fsp3) is 0.138. The van der Waals surface area contributed by atoms with E-state index in [1.807, 2.05) is 24.3 Å². The lowest BCUT2D eigenvalue weighted by Gasteiger charge is -2.13. The second-order valence-electron chi connectivity index (χ2n) is 8.13. The monoisotopic (exact) mass is 515 g/mol. The standard InChI is InChI=1S/C29H25NO8/c1-16(37-17(2)31)22-11-9-19-15-24(29(33)38-26(19)27(22)36-5)30-28(32)20-10-12-25(35-4)23(14-20)18-7-6-8-21(13-18)34-3/h6-15H,1H2,2-5H3,(H,30,32). The molecule has 0 radical (unpaired) electrons. The lowest BCUT2D eigenvalue weighted by Crippen LogP contribution is -2.18. The third-order valence-electron chi connectivity index (χ3n) is 5.72. The van der Waals surface area contributed by atoms with Crippen molar-refractivity contribution in [1.82, 2.24) is 0 Å². The van der Waals surface area contributed by atoms with Gasteiger partial charge in [0.2, 0.25) is 0 Å². The lowest BCUT2D eigenvalue weighted by molar-refractivity contribution is -0.134. The zero-order chi connectivity index (χ0) is 27.4. The van der Waals surface area contributed by atoms with E-state index in [4.69, 9.17) is 23.4 Å². The van der Waals surface area contributed by atoms with E-state index < -0.39 is 17.5 Å². The van der Waals surface area contributed by atoms with E-state index in [1.54, 1.807) is 44.6 Å². The number of amides is 1. The maximum absolute atomic E-state index is 13.1. The number of benzene rings is 3. The van der Waals surface area contributed by atoms with Crippen LogP contribution in [0.1, 0.15) is 22.8 Å². The molecule has 1 heterocycles. The Morgan fingerprint density at radius 2 is 1.71 bits per heavy atom. The number of carbonyl (C=O) groups excluding carboxylic acids is 2. The number of carbonyl (C=O) groups is 2. The highest BCUT2D eigenvalue weighted by molar-refractivity contribution is 6.06. The van der Waals surface area contributed by atoms with E-state index in [2.05, 4.69) is 11.9 Å². The number of esters is 1. The first-order valence-electron chi connectivity index (χ1n) is 11.4. The molecular weight excluding hydrogens is 490 g/mol. The normalized spacial score (nSPS) is 10.5. The Balaban J connectivity index is 1.69. The number of ether oxygens (including phenoxy) is 4. The van der Waals surface area contributed by atoms with Crippen molar-refractivity contribution in [2.75, 3.05) is 26.6 Å². The fourth-order valence-corrected chi connectivity index (χ4v) is 3.96. The molecule has 0 fully saturated rings. The summed E-state index contributed by atoms with van der Waals surface area (Å²) in [7, 11) is 4.50. The molecule has 9 heteroatoms. The molecule has 0 aliphatic heterocycles. The average Bonchev–Trinajstić information content (AvgIpc) is 2.92. The summed E-state index contributed by atoms with van der Waals surface area (Å²) in [6.45, 7) is 4.97. The maximum Gasteiger partial charge on any atom is 0.360 e. The Kier molecular flexibility index (Phi) is 7.48. The molecule has 9 nitrogen and oxygen atoms in total. The van der Waals surface area contributed by atoms with E-state index in [0.717, 1.165) is 5.56 Å². The van der Waals surface area contributed by atoms with Gasteiger partial charge < -0.3 is 28.7 Å². The molecule has 1 amide bonds. The zero-order valence-electron chi connectivity index (χ0n) is 21.2. The van der Waals surface area contributed by atoms with Gasteiger partial charge in [-0.25, -0.2) is 4.79 Å². The molecule has 0 atom stereocenters. The molecule has 3 aromatic carbocycles. The van der Waals surface area contributed by atoms with Crippen LogP contribution in [0.5, 0.6) is 17.2 Å². The third-order valence-corrected chi connectivity index (χ3v) is 5.72. The zero-order valence-corrected chi connectivity index (χ0v) is 21.2. The molecule has 38 heavy (non-hydrogen) atoms. The predicted octanol–water partition coefficient (Wildman–Crippen LogP) is 5.27. The van der Waals surface area contributed by atoms with Crippen molar-refractivity contribution in [2.24, 2.45) is 0 Å². The number of methoxy groups -OCH3 is 3. The van der Waals surface area contributed by atoms with Crippen LogP contribution in [0.25, 0.3) is 27.9 Å². The van der Waals surface area contributed by atoms with Gasteiger partial charge in [-0.2, -0.15) is 0 Å². The van der Waals surface area contributed by atoms with Crippen molar-refractivity contribution in [3.05, 3.63) is 88.8 Å². The number of fused-ring (bicyclic) bond motifs is 1. The molecule has 0 saturated carbocycles. The first-order valence-corrected chi connectivity index (χ1v) is 11.4. The summed E-state index contributed by atoms with van der Waals surface area (Å²) in [5, 5.41) is 3.09. The molecule has 0 spiro atoms. The molecule has 0 aliphatic rings. The fourth-order valence-electron chi connectivity index (χ4n) is 3.96. The van der Waals surface area contributed by atoms with Crippen molar-refractivity contribution in [3.8, 4) is 28.4 Å². The average molecular weight is 516 g/mol. The summed E-state index contributed by atoms with van der Waals surface area (Å²) in [5.74, 6) is 0.367. The molecule has 1 N–H and O–H groups in total. The number of hydrogen-bond acceptors (Lipinski definition) is 8.